The second kappa shape index (κ2) is 7.74. The molecule has 2 rings (SSSR count). The maximum Gasteiger partial charge on any atom is 0.263 e. The van der Waals surface area contributed by atoms with Gasteiger partial charge in [0.15, 0.2) is 0 Å². The lowest BCUT2D eigenvalue weighted by Crippen LogP contribution is -2.16. The van der Waals surface area contributed by atoms with Gasteiger partial charge >= 0.3 is 0 Å². The van der Waals surface area contributed by atoms with E-state index < -0.39 is 10.0 Å². The molecule has 0 aliphatic carbocycles. The molecule has 1 heterocycles. The van der Waals surface area contributed by atoms with E-state index in [1.807, 2.05) is 6.92 Å². The minimum absolute atomic E-state index is 0.217. The van der Waals surface area contributed by atoms with E-state index in [4.69, 9.17) is 4.74 Å². The Morgan fingerprint density at radius 3 is 2.44 bits per heavy atom. The van der Waals surface area contributed by atoms with Crippen molar-refractivity contribution in [1.29, 1.82) is 0 Å². The number of nitrogens with zero attached hydrogens (tertiary/aromatic N) is 1. The number of anilines is 2. The summed E-state index contributed by atoms with van der Waals surface area (Å²) in [5.74, 6) is 1.46. The zero-order chi connectivity index (χ0) is 18.6. The van der Waals surface area contributed by atoms with Gasteiger partial charge in [-0.25, -0.2) is 13.4 Å². The Morgan fingerprint density at radius 2 is 1.88 bits per heavy atom. The van der Waals surface area contributed by atoms with Crippen LogP contribution in [0.25, 0.3) is 0 Å². The van der Waals surface area contributed by atoms with E-state index in [-0.39, 0.29) is 10.7 Å². The van der Waals surface area contributed by atoms with Gasteiger partial charge in [-0.05, 0) is 55.2 Å². The van der Waals surface area contributed by atoms with Gasteiger partial charge in [0.25, 0.3) is 10.0 Å². The summed E-state index contributed by atoms with van der Waals surface area (Å²) in [6, 6.07) is 6.77. The Hall–Kier alpha value is -2.28. The second-order valence-corrected chi connectivity index (χ2v) is 8.05. The van der Waals surface area contributed by atoms with Crippen molar-refractivity contribution in [1.82, 2.24) is 4.98 Å². The van der Waals surface area contributed by atoms with Gasteiger partial charge in [0.05, 0.1) is 23.9 Å². The van der Waals surface area contributed by atoms with Crippen molar-refractivity contribution in [2.75, 3.05) is 23.7 Å². The Morgan fingerprint density at radius 1 is 1.16 bits per heavy atom. The zero-order valence-electron chi connectivity index (χ0n) is 15.3. The summed E-state index contributed by atoms with van der Waals surface area (Å²) in [7, 11) is -2.16. The van der Waals surface area contributed by atoms with Gasteiger partial charge in [-0.1, -0.05) is 13.8 Å². The van der Waals surface area contributed by atoms with Gasteiger partial charge < -0.3 is 10.1 Å². The summed E-state index contributed by atoms with van der Waals surface area (Å²) < 4.78 is 33.1. The van der Waals surface area contributed by atoms with Crippen LogP contribution in [0.5, 0.6) is 5.75 Å². The lowest BCUT2D eigenvalue weighted by Gasteiger charge is -2.13. The number of benzene rings is 1. The van der Waals surface area contributed by atoms with E-state index in [1.165, 1.54) is 0 Å². The maximum atomic E-state index is 12.7. The molecular formula is C18H25N3O3S. The lowest BCUT2D eigenvalue weighted by molar-refractivity contribution is 0.411. The minimum Gasteiger partial charge on any atom is -0.496 e. The van der Waals surface area contributed by atoms with Crippen molar-refractivity contribution in [3.63, 3.8) is 0 Å². The highest BCUT2D eigenvalue weighted by atomic mass is 32.2. The number of ether oxygens (including phenoxy) is 1. The summed E-state index contributed by atoms with van der Waals surface area (Å²) in [6.07, 6.45) is 1.62. The van der Waals surface area contributed by atoms with Gasteiger partial charge in [0, 0.05) is 6.54 Å². The Kier molecular flexibility index (Phi) is 5.89. The number of nitrogens with one attached hydrogen (secondary N) is 2. The van der Waals surface area contributed by atoms with Crippen LogP contribution < -0.4 is 14.8 Å². The number of aryl methyl sites for hydroxylation is 2. The number of pyridine rings is 1. The lowest BCUT2D eigenvalue weighted by atomic mass is 10.1. The number of rotatable bonds is 7. The Bertz CT molecular complexity index is 831. The zero-order valence-corrected chi connectivity index (χ0v) is 16.1. The van der Waals surface area contributed by atoms with Crippen LogP contribution in [-0.4, -0.2) is 27.1 Å². The highest BCUT2D eigenvalue weighted by Gasteiger charge is 2.19. The van der Waals surface area contributed by atoms with E-state index in [2.05, 4.69) is 28.9 Å². The van der Waals surface area contributed by atoms with E-state index >= 15 is 0 Å². The first kappa shape index (κ1) is 19.1. The predicted octanol–water partition coefficient (Wildman–Crippen LogP) is 3.58. The molecule has 7 heteroatoms. The standard InChI is InChI=1S/C18H25N3O3S/c1-12(2)10-19-15-6-7-18(20-11-15)21-25(22,23)17-9-13(3)16(24-5)8-14(17)4/h6-9,11-12,19H,10H2,1-5H3,(H,20,21). The largest absolute Gasteiger partial charge is 0.496 e. The fourth-order valence-corrected chi connectivity index (χ4v) is 3.67. The summed E-state index contributed by atoms with van der Waals surface area (Å²) in [5.41, 5.74) is 2.23. The van der Waals surface area contributed by atoms with Crippen molar-refractivity contribution >= 4 is 21.5 Å². The van der Waals surface area contributed by atoms with E-state index in [0.29, 0.717) is 17.2 Å². The number of methoxy groups -OCH3 is 1. The first-order valence-corrected chi connectivity index (χ1v) is 9.59. The van der Waals surface area contributed by atoms with Crippen LogP contribution in [0, 0.1) is 19.8 Å². The molecule has 0 saturated carbocycles. The normalized spacial score (nSPS) is 11.4. The van der Waals surface area contributed by atoms with Gasteiger partial charge in [0.2, 0.25) is 0 Å². The molecule has 0 atom stereocenters. The average Bonchev–Trinajstić information content (AvgIpc) is 2.55. The third-order valence-electron chi connectivity index (χ3n) is 3.70. The fraction of sp³-hybridized carbons (Fsp3) is 0.389. The van der Waals surface area contributed by atoms with Crippen LogP contribution in [-0.2, 0) is 10.0 Å². The van der Waals surface area contributed by atoms with Crippen molar-refractivity contribution in [3.8, 4) is 5.75 Å². The monoisotopic (exact) mass is 363 g/mol. The van der Waals surface area contributed by atoms with Crippen LogP contribution in [0.1, 0.15) is 25.0 Å². The molecular weight excluding hydrogens is 338 g/mol. The molecule has 25 heavy (non-hydrogen) atoms. The summed E-state index contributed by atoms with van der Waals surface area (Å²) in [4.78, 5) is 4.39. The molecule has 0 spiro atoms. The predicted molar refractivity (Wildman–Crippen MR) is 101 cm³/mol. The van der Waals surface area contributed by atoms with E-state index in [1.54, 1.807) is 44.5 Å². The topological polar surface area (TPSA) is 80.3 Å². The third-order valence-corrected chi connectivity index (χ3v) is 5.20. The molecule has 0 fully saturated rings. The highest BCUT2D eigenvalue weighted by Crippen LogP contribution is 2.26. The molecule has 2 N–H and O–H groups in total. The quantitative estimate of drug-likeness (QED) is 0.786. The molecule has 2 aromatic rings. The summed E-state index contributed by atoms with van der Waals surface area (Å²) in [6.45, 7) is 8.61. The fourth-order valence-electron chi connectivity index (χ4n) is 2.35. The van der Waals surface area contributed by atoms with E-state index in [9.17, 15) is 8.42 Å². The molecule has 136 valence electrons. The van der Waals surface area contributed by atoms with Crippen molar-refractivity contribution in [2.24, 2.45) is 5.92 Å². The second-order valence-electron chi connectivity index (χ2n) is 6.40. The summed E-state index contributed by atoms with van der Waals surface area (Å²) >= 11 is 0. The molecule has 0 aliphatic rings. The smallest absolute Gasteiger partial charge is 0.263 e. The Labute approximate surface area is 149 Å². The molecule has 0 saturated heterocycles. The van der Waals surface area contributed by atoms with Gasteiger partial charge in [-0.3, -0.25) is 4.72 Å². The minimum atomic E-state index is -3.72. The van der Waals surface area contributed by atoms with Crippen LogP contribution >= 0.6 is 0 Å². The first-order valence-electron chi connectivity index (χ1n) is 8.11. The number of hydrogen-bond donors (Lipinski definition) is 2. The SMILES string of the molecule is COc1cc(C)c(S(=O)(=O)Nc2ccc(NCC(C)C)cn2)cc1C. The molecule has 1 aromatic heterocycles. The molecule has 0 aliphatic heterocycles. The van der Waals surface area contributed by atoms with Crippen molar-refractivity contribution in [3.05, 3.63) is 41.6 Å². The van der Waals surface area contributed by atoms with Crippen LogP contribution in [0.15, 0.2) is 35.4 Å². The first-order chi connectivity index (χ1) is 11.7. The third kappa shape index (κ3) is 4.85. The maximum absolute atomic E-state index is 12.7. The molecule has 0 unspecified atom stereocenters. The molecule has 6 nitrogen and oxygen atoms in total. The molecule has 0 bridgehead atoms. The van der Waals surface area contributed by atoms with Crippen LogP contribution in [0.2, 0.25) is 0 Å². The molecule has 1 aromatic carbocycles. The molecule has 0 amide bonds. The van der Waals surface area contributed by atoms with Crippen LogP contribution in [0.4, 0.5) is 11.5 Å². The number of aromatic nitrogens is 1. The van der Waals surface area contributed by atoms with Gasteiger partial charge in [-0.15, -0.1) is 0 Å². The van der Waals surface area contributed by atoms with Crippen LogP contribution in [0.3, 0.4) is 0 Å². The van der Waals surface area contributed by atoms with E-state index in [0.717, 1.165) is 17.8 Å². The summed E-state index contributed by atoms with van der Waals surface area (Å²) in [5, 5.41) is 3.24. The highest BCUT2D eigenvalue weighted by molar-refractivity contribution is 7.92. The molecule has 0 radical (unpaired) electrons. The van der Waals surface area contributed by atoms with Crippen molar-refractivity contribution in [2.45, 2.75) is 32.6 Å². The van der Waals surface area contributed by atoms with Crippen molar-refractivity contribution < 1.29 is 13.2 Å². The average molecular weight is 363 g/mol. The van der Waals surface area contributed by atoms with Gasteiger partial charge in [0.1, 0.15) is 11.6 Å². The number of hydrogen-bond acceptors (Lipinski definition) is 5. The van der Waals surface area contributed by atoms with Gasteiger partial charge in [-0.2, -0.15) is 0 Å². The number of sulfonamides is 1. The Balaban J connectivity index is 2.20.